The molecule has 0 fully saturated rings. The molecule has 0 aliphatic carbocycles. The van der Waals surface area contributed by atoms with E-state index in [9.17, 15) is 22.0 Å². The first-order valence-electron chi connectivity index (χ1n) is 10.4. The van der Waals surface area contributed by atoms with E-state index in [1.54, 1.807) is 25.1 Å². The standard InChI is InChI=1S/C24H24F3N3O4S/c1-14-6-7-20(19(25)10-14)29-23-18(24(28)31)13-16(21(26)22(23)27)11-15-4-3-5-17(12-15)30-35(32,33)9-8-34-2/h3-7,10,12-13,29-30H,8-9,11H2,1-2H3,(H2,28,31). The number of halogens is 3. The number of sulfonamides is 1. The molecule has 0 aliphatic rings. The number of primary amides is 1. The molecule has 0 aromatic heterocycles. The summed E-state index contributed by atoms with van der Waals surface area (Å²) in [6, 6.07) is 11.3. The number of rotatable bonds is 10. The predicted octanol–water partition coefficient (Wildman–Crippen LogP) is 4.23. The molecule has 0 bridgehead atoms. The fourth-order valence-corrected chi connectivity index (χ4v) is 4.34. The van der Waals surface area contributed by atoms with Gasteiger partial charge in [0.25, 0.3) is 5.91 Å². The molecule has 0 unspecified atom stereocenters. The Morgan fingerprint density at radius 1 is 1.06 bits per heavy atom. The third-order valence-corrected chi connectivity index (χ3v) is 6.33. The number of amides is 1. The summed E-state index contributed by atoms with van der Waals surface area (Å²) in [5, 5.41) is 2.42. The van der Waals surface area contributed by atoms with Crippen molar-refractivity contribution in [3.8, 4) is 0 Å². The zero-order valence-corrected chi connectivity index (χ0v) is 19.8. The van der Waals surface area contributed by atoms with Gasteiger partial charge in [-0.1, -0.05) is 18.2 Å². The van der Waals surface area contributed by atoms with Crippen LogP contribution in [-0.4, -0.2) is 33.8 Å². The second kappa shape index (κ2) is 10.8. The number of methoxy groups -OCH3 is 1. The van der Waals surface area contributed by atoms with Crippen LogP contribution in [0.1, 0.15) is 27.0 Å². The van der Waals surface area contributed by atoms with Crippen molar-refractivity contribution in [3.05, 3.63) is 88.2 Å². The minimum Gasteiger partial charge on any atom is -0.384 e. The van der Waals surface area contributed by atoms with Crippen LogP contribution >= 0.6 is 0 Å². The number of carbonyl (C=O) groups is 1. The van der Waals surface area contributed by atoms with E-state index in [0.29, 0.717) is 11.1 Å². The lowest BCUT2D eigenvalue weighted by atomic mass is 9.99. The minimum atomic E-state index is -3.67. The normalized spacial score (nSPS) is 11.3. The topological polar surface area (TPSA) is 111 Å². The van der Waals surface area contributed by atoms with Crippen molar-refractivity contribution in [3.63, 3.8) is 0 Å². The number of ether oxygens (including phenoxy) is 1. The van der Waals surface area contributed by atoms with Gasteiger partial charge in [0.05, 0.1) is 29.3 Å². The van der Waals surface area contributed by atoms with Gasteiger partial charge in [0, 0.05) is 19.2 Å². The smallest absolute Gasteiger partial charge is 0.250 e. The second-order valence-electron chi connectivity index (χ2n) is 7.85. The molecule has 0 radical (unpaired) electrons. The van der Waals surface area contributed by atoms with Gasteiger partial charge >= 0.3 is 0 Å². The van der Waals surface area contributed by atoms with Crippen molar-refractivity contribution in [2.24, 2.45) is 5.73 Å². The molecular formula is C24H24F3N3O4S. The van der Waals surface area contributed by atoms with Gasteiger partial charge in [0.2, 0.25) is 10.0 Å². The molecule has 0 spiro atoms. The number of nitrogens with two attached hydrogens (primary N) is 1. The highest BCUT2D eigenvalue weighted by Gasteiger charge is 2.23. The van der Waals surface area contributed by atoms with Gasteiger partial charge in [0.15, 0.2) is 11.6 Å². The number of carbonyl (C=O) groups excluding carboxylic acids is 1. The molecule has 3 rings (SSSR count). The molecule has 186 valence electrons. The van der Waals surface area contributed by atoms with Crippen LogP contribution in [0.4, 0.5) is 30.2 Å². The van der Waals surface area contributed by atoms with Crippen LogP contribution in [-0.2, 0) is 21.2 Å². The average Bonchev–Trinajstić information content (AvgIpc) is 2.78. The highest BCUT2D eigenvalue weighted by atomic mass is 32.2. The first-order chi connectivity index (χ1) is 16.5. The van der Waals surface area contributed by atoms with Gasteiger partial charge in [-0.05, 0) is 53.9 Å². The highest BCUT2D eigenvalue weighted by molar-refractivity contribution is 7.92. The van der Waals surface area contributed by atoms with Crippen LogP contribution in [0, 0.1) is 24.4 Å². The summed E-state index contributed by atoms with van der Waals surface area (Å²) in [5.41, 5.74) is 5.39. The third-order valence-electron chi connectivity index (χ3n) is 5.08. The first-order valence-corrected chi connectivity index (χ1v) is 12.1. The lowest BCUT2D eigenvalue weighted by Crippen LogP contribution is -2.19. The molecule has 11 heteroatoms. The summed E-state index contributed by atoms with van der Waals surface area (Å²) in [4.78, 5) is 12.0. The monoisotopic (exact) mass is 507 g/mol. The Kier molecular flexibility index (Phi) is 8.03. The molecule has 0 heterocycles. The molecule has 3 aromatic carbocycles. The molecule has 0 saturated heterocycles. The number of aryl methyl sites for hydroxylation is 1. The maximum absolute atomic E-state index is 15.0. The Morgan fingerprint density at radius 3 is 2.46 bits per heavy atom. The van der Waals surface area contributed by atoms with E-state index in [0.717, 1.165) is 6.07 Å². The Bertz CT molecular complexity index is 1360. The van der Waals surface area contributed by atoms with Crippen molar-refractivity contribution >= 4 is 33.0 Å². The first kappa shape index (κ1) is 26.0. The van der Waals surface area contributed by atoms with Crippen LogP contribution in [0.15, 0.2) is 48.5 Å². The van der Waals surface area contributed by atoms with Crippen LogP contribution in [0.5, 0.6) is 0 Å². The summed E-state index contributed by atoms with van der Waals surface area (Å²) in [6.45, 7) is 1.67. The Hall–Kier alpha value is -3.57. The van der Waals surface area contributed by atoms with Crippen molar-refractivity contribution in [2.75, 3.05) is 29.5 Å². The summed E-state index contributed by atoms with van der Waals surface area (Å²) >= 11 is 0. The molecule has 3 aromatic rings. The van der Waals surface area contributed by atoms with Crippen molar-refractivity contribution < 1.29 is 31.1 Å². The highest BCUT2D eigenvalue weighted by Crippen LogP contribution is 2.31. The Labute approximate surface area is 201 Å². The lowest BCUT2D eigenvalue weighted by molar-refractivity contribution is 0.100. The number of hydrogen-bond acceptors (Lipinski definition) is 5. The summed E-state index contributed by atoms with van der Waals surface area (Å²) in [5.74, 6) is -4.66. The van der Waals surface area contributed by atoms with E-state index in [2.05, 4.69) is 10.0 Å². The fraction of sp³-hybridized carbons (Fsp3) is 0.208. The zero-order chi connectivity index (χ0) is 25.8. The van der Waals surface area contributed by atoms with E-state index in [4.69, 9.17) is 10.5 Å². The lowest BCUT2D eigenvalue weighted by Gasteiger charge is -2.16. The van der Waals surface area contributed by atoms with Gasteiger partial charge < -0.3 is 15.8 Å². The van der Waals surface area contributed by atoms with E-state index in [1.165, 1.54) is 31.4 Å². The molecule has 7 nitrogen and oxygen atoms in total. The van der Waals surface area contributed by atoms with Gasteiger partial charge in [-0.25, -0.2) is 21.6 Å². The van der Waals surface area contributed by atoms with E-state index >= 15 is 4.39 Å². The van der Waals surface area contributed by atoms with E-state index < -0.39 is 39.1 Å². The zero-order valence-electron chi connectivity index (χ0n) is 19.0. The molecular weight excluding hydrogens is 483 g/mol. The van der Waals surface area contributed by atoms with Crippen LogP contribution in [0.3, 0.4) is 0 Å². The maximum Gasteiger partial charge on any atom is 0.250 e. The molecule has 4 N–H and O–H groups in total. The Balaban J connectivity index is 1.93. The molecule has 35 heavy (non-hydrogen) atoms. The van der Waals surface area contributed by atoms with Crippen LogP contribution in [0.25, 0.3) is 0 Å². The summed E-state index contributed by atoms with van der Waals surface area (Å²) in [6.07, 6.45) is -0.171. The third kappa shape index (κ3) is 6.52. The molecule has 0 saturated carbocycles. The number of hydrogen-bond donors (Lipinski definition) is 3. The van der Waals surface area contributed by atoms with Crippen molar-refractivity contribution in [1.29, 1.82) is 0 Å². The quantitative estimate of drug-likeness (QED) is 0.380. The number of benzene rings is 3. The molecule has 0 aliphatic heterocycles. The van der Waals surface area contributed by atoms with Gasteiger partial charge in [-0.3, -0.25) is 9.52 Å². The molecule has 0 atom stereocenters. The SMILES string of the molecule is COCCS(=O)(=O)Nc1cccc(Cc2cc(C(N)=O)c(Nc3ccc(C)cc3F)c(F)c2F)c1. The van der Waals surface area contributed by atoms with Crippen molar-refractivity contribution in [1.82, 2.24) is 0 Å². The molecule has 1 amide bonds. The van der Waals surface area contributed by atoms with E-state index in [-0.39, 0.29) is 41.3 Å². The van der Waals surface area contributed by atoms with Crippen LogP contribution in [0.2, 0.25) is 0 Å². The largest absolute Gasteiger partial charge is 0.384 e. The fourth-order valence-electron chi connectivity index (χ4n) is 3.37. The van der Waals surface area contributed by atoms with Gasteiger partial charge in [-0.15, -0.1) is 0 Å². The minimum absolute atomic E-state index is 0.00226. The number of anilines is 3. The van der Waals surface area contributed by atoms with Gasteiger partial charge in [0.1, 0.15) is 5.82 Å². The van der Waals surface area contributed by atoms with Crippen molar-refractivity contribution in [2.45, 2.75) is 13.3 Å². The van der Waals surface area contributed by atoms with E-state index in [1.807, 2.05) is 0 Å². The predicted molar refractivity (Wildman–Crippen MR) is 128 cm³/mol. The summed E-state index contributed by atoms with van der Waals surface area (Å²) < 4.78 is 75.6. The number of nitrogens with one attached hydrogen (secondary N) is 2. The second-order valence-corrected chi connectivity index (χ2v) is 9.69. The Morgan fingerprint density at radius 2 is 1.80 bits per heavy atom. The van der Waals surface area contributed by atoms with Crippen LogP contribution < -0.4 is 15.8 Å². The van der Waals surface area contributed by atoms with Gasteiger partial charge in [-0.2, -0.15) is 0 Å². The summed E-state index contributed by atoms with van der Waals surface area (Å²) in [7, 11) is -2.29. The average molecular weight is 508 g/mol. The maximum atomic E-state index is 15.0.